The number of aromatic nitrogens is 5. The minimum atomic E-state index is -0.833. The molecule has 42 heavy (non-hydrogen) atoms. The molecule has 0 bridgehead atoms. The van der Waals surface area contributed by atoms with Crippen LogP contribution in [0, 0.1) is 0 Å². The molecular formula is C29H39N9O3S. The second kappa shape index (κ2) is 13.4. The normalized spacial score (nSPS) is 19.7. The summed E-state index contributed by atoms with van der Waals surface area (Å²) in [5, 5.41) is 18.8. The van der Waals surface area contributed by atoms with Gasteiger partial charge in [0.15, 0.2) is 5.65 Å². The van der Waals surface area contributed by atoms with Gasteiger partial charge in [-0.25, -0.2) is 19.6 Å². The van der Waals surface area contributed by atoms with Crippen LogP contribution in [-0.2, 0) is 11.3 Å². The van der Waals surface area contributed by atoms with Gasteiger partial charge in [0.05, 0.1) is 42.0 Å². The second-order valence-electron chi connectivity index (χ2n) is 10.8. The number of anilines is 2. The minimum absolute atomic E-state index is 0.296. The van der Waals surface area contributed by atoms with E-state index in [-0.39, 0.29) is 0 Å². The summed E-state index contributed by atoms with van der Waals surface area (Å²) in [7, 11) is 3.89. The van der Waals surface area contributed by atoms with E-state index in [2.05, 4.69) is 47.9 Å². The van der Waals surface area contributed by atoms with Crippen LogP contribution in [0.2, 0.25) is 0 Å². The van der Waals surface area contributed by atoms with E-state index in [0.717, 1.165) is 72.3 Å². The van der Waals surface area contributed by atoms with Crippen molar-refractivity contribution in [1.29, 1.82) is 0 Å². The molecule has 0 atom stereocenters. The van der Waals surface area contributed by atoms with Crippen LogP contribution >= 0.6 is 11.3 Å². The number of aliphatic carboxylic acids is 1. The number of piperazine rings is 1. The standard InChI is InChI=1S/C27H35N9OS.C2H4O2/c1-34-9-11-35(12-10-34)20-4-6-21(7-5-20)36-27-24(26(28)30-16-31-27)25(33-36)18-3-8-22(23(13-18)37-2)29-14-19-15-38-17-32-19;1-2(3)4/h3,8,13,15-17,20-21,29H,4-7,9-12,14H2,1-2H3,(H2,28,30,31);1H3,(H,3,4). The van der Waals surface area contributed by atoms with Gasteiger partial charge in [0.25, 0.3) is 5.97 Å². The zero-order valence-corrected chi connectivity index (χ0v) is 25.2. The fourth-order valence-corrected chi connectivity index (χ4v) is 6.36. The van der Waals surface area contributed by atoms with Crippen LogP contribution in [0.15, 0.2) is 35.4 Å². The molecule has 4 N–H and O–H groups in total. The van der Waals surface area contributed by atoms with E-state index in [4.69, 9.17) is 25.5 Å². The number of thiazole rings is 1. The van der Waals surface area contributed by atoms with E-state index in [0.29, 0.717) is 24.4 Å². The zero-order valence-electron chi connectivity index (χ0n) is 24.4. The Balaban J connectivity index is 0.000000830. The Labute approximate surface area is 249 Å². The molecule has 2 fully saturated rings. The maximum atomic E-state index is 9.00. The molecule has 1 saturated carbocycles. The number of nitrogens with two attached hydrogens (primary N) is 1. The number of nitrogens with one attached hydrogen (secondary N) is 1. The third-order valence-corrected chi connectivity index (χ3v) is 8.64. The lowest BCUT2D eigenvalue weighted by atomic mass is 9.90. The van der Waals surface area contributed by atoms with Crippen molar-refractivity contribution in [2.45, 2.75) is 51.2 Å². The molecule has 0 spiro atoms. The third kappa shape index (κ3) is 6.80. The molecule has 1 aromatic carbocycles. The average molecular weight is 594 g/mol. The number of likely N-dealkylation sites (N-methyl/N-ethyl adjacent to an activating group) is 1. The maximum Gasteiger partial charge on any atom is 0.300 e. The molecule has 13 heteroatoms. The number of carbonyl (C=O) groups is 1. The van der Waals surface area contributed by atoms with Crippen LogP contribution in [0.3, 0.4) is 0 Å². The van der Waals surface area contributed by atoms with Gasteiger partial charge in [0, 0.05) is 50.1 Å². The molecule has 12 nitrogen and oxygen atoms in total. The highest BCUT2D eigenvalue weighted by atomic mass is 32.1. The first-order valence-electron chi connectivity index (χ1n) is 14.2. The zero-order chi connectivity index (χ0) is 29.6. The summed E-state index contributed by atoms with van der Waals surface area (Å²) in [6.07, 6.45) is 6.07. The van der Waals surface area contributed by atoms with E-state index in [9.17, 15) is 0 Å². The van der Waals surface area contributed by atoms with Gasteiger partial charge in [0.2, 0.25) is 0 Å². The minimum Gasteiger partial charge on any atom is -0.495 e. The number of methoxy groups -OCH3 is 1. The van der Waals surface area contributed by atoms with E-state index in [1.54, 1.807) is 24.8 Å². The molecule has 1 aliphatic heterocycles. The van der Waals surface area contributed by atoms with Crippen molar-refractivity contribution >= 4 is 39.8 Å². The van der Waals surface area contributed by atoms with E-state index < -0.39 is 5.97 Å². The molecule has 4 aromatic rings. The first-order valence-corrected chi connectivity index (χ1v) is 15.2. The van der Waals surface area contributed by atoms with Crippen molar-refractivity contribution in [3.05, 3.63) is 41.1 Å². The Morgan fingerprint density at radius 2 is 1.83 bits per heavy atom. The topological polar surface area (TPSA) is 148 Å². The van der Waals surface area contributed by atoms with Crippen molar-refractivity contribution in [2.75, 3.05) is 51.4 Å². The molecule has 224 valence electrons. The lowest BCUT2D eigenvalue weighted by Crippen LogP contribution is -2.49. The lowest BCUT2D eigenvalue weighted by molar-refractivity contribution is -0.134. The van der Waals surface area contributed by atoms with E-state index >= 15 is 0 Å². The number of carboxylic acids is 1. The maximum absolute atomic E-state index is 9.00. The summed E-state index contributed by atoms with van der Waals surface area (Å²) in [6.45, 7) is 6.37. The average Bonchev–Trinajstić information content (AvgIpc) is 3.65. The molecule has 0 amide bonds. The van der Waals surface area contributed by atoms with Crippen LogP contribution in [0.5, 0.6) is 5.75 Å². The number of hydrogen-bond donors (Lipinski definition) is 3. The van der Waals surface area contributed by atoms with Gasteiger partial charge in [-0.3, -0.25) is 9.69 Å². The van der Waals surface area contributed by atoms with Crippen LogP contribution in [0.1, 0.15) is 44.3 Å². The van der Waals surface area contributed by atoms with Crippen molar-refractivity contribution < 1.29 is 14.6 Å². The van der Waals surface area contributed by atoms with Gasteiger partial charge in [-0.1, -0.05) is 6.07 Å². The number of carboxylic acid groups (broad SMARTS) is 1. The lowest BCUT2D eigenvalue weighted by Gasteiger charge is -2.41. The number of nitrogens with zero attached hydrogens (tertiary/aromatic N) is 7. The van der Waals surface area contributed by atoms with Gasteiger partial charge in [0.1, 0.15) is 23.6 Å². The summed E-state index contributed by atoms with van der Waals surface area (Å²) in [6, 6.07) is 7.04. The molecule has 1 aliphatic carbocycles. The smallest absolute Gasteiger partial charge is 0.300 e. The summed E-state index contributed by atoms with van der Waals surface area (Å²) in [4.78, 5) is 27.4. The molecule has 1 saturated heterocycles. The Bertz CT molecular complexity index is 1470. The predicted molar refractivity (Wildman–Crippen MR) is 165 cm³/mol. The number of rotatable bonds is 7. The number of benzene rings is 1. The predicted octanol–water partition coefficient (Wildman–Crippen LogP) is 3.97. The summed E-state index contributed by atoms with van der Waals surface area (Å²) in [5.74, 6) is 0.357. The Kier molecular flexibility index (Phi) is 9.50. The number of ether oxygens (including phenoxy) is 1. The molecular weight excluding hydrogens is 554 g/mol. The van der Waals surface area contributed by atoms with Gasteiger partial charge in [-0.05, 0) is 44.9 Å². The molecule has 0 unspecified atom stereocenters. The highest BCUT2D eigenvalue weighted by Crippen LogP contribution is 2.39. The van der Waals surface area contributed by atoms with Gasteiger partial charge in [-0.2, -0.15) is 5.10 Å². The third-order valence-electron chi connectivity index (χ3n) is 8.00. The molecule has 3 aromatic heterocycles. The first kappa shape index (κ1) is 29.7. The highest BCUT2D eigenvalue weighted by molar-refractivity contribution is 7.07. The highest BCUT2D eigenvalue weighted by Gasteiger charge is 2.30. The fourth-order valence-electron chi connectivity index (χ4n) is 5.80. The van der Waals surface area contributed by atoms with E-state index in [1.807, 2.05) is 23.0 Å². The van der Waals surface area contributed by atoms with Crippen LogP contribution in [-0.4, -0.2) is 92.0 Å². The number of nitrogen functional groups attached to an aromatic ring is 1. The van der Waals surface area contributed by atoms with Gasteiger partial charge >= 0.3 is 0 Å². The quantitative estimate of drug-likeness (QED) is 0.286. The number of hydrogen-bond acceptors (Lipinski definition) is 11. The molecule has 4 heterocycles. The second-order valence-corrected chi connectivity index (χ2v) is 11.5. The Hall–Kier alpha value is -3.81. The van der Waals surface area contributed by atoms with E-state index in [1.165, 1.54) is 25.9 Å². The Morgan fingerprint density at radius 3 is 2.50 bits per heavy atom. The summed E-state index contributed by atoms with van der Waals surface area (Å²) >= 11 is 1.59. The molecule has 2 aliphatic rings. The van der Waals surface area contributed by atoms with Crippen LogP contribution in [0.25, 0.3) is 22.3 Å². The van der Waals surface area contributed by atoms with Crippen molar-refractivity contribution in [3.8, 4) is 17.0 Å². The molecule has 6 rings (SSSR count). The monoisotopic (exact) mass is 593 g/mol. The van der Waals surface area contributed by atoms with Gasteiger partial charge < -0.3 is 25.8 Å². The molecule has 0 radical (unpaired) electrons. The first-order chi connectivity index (χ1) is 20.3. The summed E-state index contributed by atoms with van der Waals surface area (Å²) < 4.78 is 7.83. The van der Waals surface area contributed by atoms with Crippen molar-refractivity contribution in [1.82, 2.24) is 34.5 Å². The van der Waals surface area contributed by atoms with Gasteiger partial charge in [-0.15, -0.1) is 11.3 Å². The van der Waals surface area contributed by atoms with Crippen LogP contribution < -0.4 is 15.8 Å². The number of fused-ring (bicyclic) bond motifs is 1. The van der Waals surface area contributed by atoms with Crippen LogP contribution in [0.4, 0.5) is 11.5 Å². The van der Waals surface area contributed by atoms with Crippen molar-refractivity contribution in [2.24, 2.45) is 0 Å². The Morgan fingerprint density at radius 1 is 1.12 bits per heavy atom. The van der Waals surface area contributed by atoms with Crippen molar-refractivity contribution in [3.63, 3.8) is 0 Å². The summed E-state index contributed by atoms with van der Waals surface area (Å²) in [5.41, 5.74) is 12.7. The fraction of sp³-hybridized carbons (Fsp3) is 0.483. The largest absolute Gasteiger partial charge is 0.495 e. The SMILES string of the molecule is CC(=O)O.COc1cc(-c2nn(C3CCC(N4CCN(C)CC4)CC3)c3ncnc(N)c23)ccc1NCc1cscn1.